The summed E-state index contributed by atoms with van der Waals surface area (Å²) in [4.78, 5) is 15.8. The van der Waals surface area contributed by atoms with Crippen molar-refractivity contribution in [2.24, 2.45) is 0 Å². The molecule has 1 aliphatic carbocycles. The first-order valence-electron chi connectivity index (χ1n) is 7.62. The molecule has 136 valence electrons. The van der Waals surface area contributed by atoms with Gasteiger partial charge in [0.15, 0.2) is 10.8 Å². The minimum Gasteiger partial charge on any atom is -0.368 e. The minimum atomic E-state index is -3.07. The third-order valence-electron chi connectivity index (χ3n) is 3.85. The number of alkyl halides is 4. The topological polar surface area (TPSA) is 89.6 Å². The fourth-order valence-corrected chi connectivity index (χ4v) is 3.33. The van der Waals surface area contributed by atoms with Crippen LogP contribution in [0.3, 0.4) is 0 Å². The van der Waals surface area contributed by atoms with Gasteiger partial charge in [0, 0.05) is 31.2 Å². The molecule has 0 atom stereocenters. The molecule has 0 aromatic carbocycles. The quantitative estimate of drug-likeness (QED) is 0.792. The van der Waals surface area contributed by atoms with Gasteiger partial charge in [0.2, 0.25) is 17.8 Å². The van der Waals surface area contributed by atoms with Crippen molar-refractivity contribution < 1.29 is 17.6 Å². The molecule has 11 heteroatoms. The average Bonchev–Trinajstić information content (AvgIpc) is 2.99. The zero-order valence-corrected chi connectivity index (χ0v) is 14.1. The van der Waals surface area contributed by atoms with Crippen LogP contribution in [0.5, 0.6) is 0 Å². The molecule has 1 aliphatic rings. The first kappa shape index (κ1) is 17.8. The van der Waals surface area contributed by atoms with Gasteiger partial charge in [0.05, 0.1) is 0 Å². The fraction of sp³-hybridized carbons (Fsp3) is 0.571. The van der Waals surface area contributed by atoms with Crippen LogP contribution in [-0.2, 0) is 5.92 Å². The Morgan fingerprint density at radius 2 is 1.88 bits per heavy atom. The smallest absolute Gasteiger partial charge is 0.287 e. The molecule has 6 nitrogen and oxygen atoms in total. The number of hydrogen-bond donors (Lipinski definition) is 2. The maximum absolute atomic E-state index is 13.3. The lowest BCUT2D eigenvalue weighted by Crippen LogP contribution is -2.32. The lowest BCUT2D eigenvalue weighted by Gasteiger charge is -2.28. The highest BCUT2D eigenvalue weighted by atomic mass is 32.1. The molecule has 0 spiro atoms. The molecule has 0 bridgehead atoms. The predicted molar refractivity (Wildman–Crippen MR) is 85.7 cm³/mol. The van der Waals surface area contributed by atoms with E-state index in [1.807, 2.05) is 0 Å². The van der Waals surface area contributed by atoms with Crippen LogP contribution in [0.4, 0.5) is 29.5 Å². The molecular formula is C14H16F4N6S. The summed E-state index contributed by atoms with van der Waals surface area (Å²) in [5.41, 5.74) is 5.26. The van der Waals surface area contributed by atoms with Crippen LogP contribution in [0.1, 0.15) is 38.3 Å². The Hall–Kier alpha value is -2.04. The molecule has 1 saturated carbocycles. The Balaban J connectivity index is 1.78. The van der Waals surface area contributed by atoms with Gasteiger partial charge < -0.3 is 11.1 Å². The Morgan fingerprint density at radius 1 is 1.20 bits per heavy atom. The van der Waals surface area contributed by atoms with E-state index in [1.165, 1.54) is 5.38 Å². The number of aromatic nitrogens is 4. The largest absolute Gasteiger partial charge is 0.368 e. The molecular weight excluding hydrogens is 360 g/mol. The summed E-state index contributed by atoms with van der Waals surface area (Å²) in [5, 5.41) is 4.37. The van der Waals surface area contributed by atoms with Crippen LogP contribution < -0.4 is 11.1 Å². The van der Waals surface area contributed by atoms with E-state index >= 15 is 0 Å². The number of nitrogens with one attached hydrogen (secondary N) is 1. The fourth-order valence-electron chi connectivity index (χ4n) is 2.50. The average molecular weight is 376 g/mol. The van der Waals surface area contributed by atoms with Gasteiger partial charge in [-0.3, -0.25) is 0 Å². The summed E-state index contributed by atoms with van der Waals surface area (Å²) in [7, 11) is 0. The molecule has 1 fully saturated rings. The SMILES string of the molecule is CC(F)(F)c1csc(-c2nc(N)nc(NC3CCC(F)(F)CC3)n2)n1. The van der Waals surface area contributed by atoms with E-state index in [0.29, 0.717) is 0 Å². The molecule has 3 rings (SSSR count). The van der Waals surface area contributed by atoms with Crippen molar-refractivity contribution in [2.45, 2.75) is 50.5 Å². The molecule has 3 N–H and O–H groups in total. The van der Waals surface area contributed by atoms with Crippen LogP contribution in [0.15, 0.2) is 5.38 Å². The normalized spacial score (nSPS) is 18.3. The molecule has 0 radical (unpaired) electrons. The Bertz CT molecular complexity index is 750. The van der Waals surface area contributed by atoms with E-state index in [0.717, 1.165) is 18.3 Å². The summed E-state index contributed by atoms with van der Waals surface area (Å²) in [6.45, 7) is 0.749. The van der Waals surface area contributed by atoms with Gasteiger partial charge in [0.25, 0.3) is 5.92 Å². The molecule has 0 aliphatic heterocycles. The number of rotatable bonds is 4. The van der Waals surface area contributed by atoms with Gasteiger partial charge in [0.1, 0.15) is 5.69 Å². The van der Waals surface area contributed by atoms with E-state index < -0.39 is 11.8 Å². The minimum absolute atomic E-state index is 0.0663. The van der Waals surface area contributed by atoms with Gasteiger partial charge in [-0.2, -0.15) is 23.7 Å². The molecule has 0 unspecified atom stereocenters. The summed E-state index contributed by atoms with van der Waals surface area (Å²) >= 11 is 0.966. The van der Waals surface area contributed by atoms with Gasteiger partial charge in [-0.05, 0) is 12.8 Å². The van der Waals surface area contributed by atoms with Crippen LogP contribution in [0.25, 0.3) is 10.8 Å². The van der Waals surface area contributed by atoms with Crippen molar-refractivity contribution in [3.05, 3.63) is 11.1 Å². The van der Waals surface area contributed by atoms with Crippen LogP contribution in [0, 0.1) is 0 Å². The summed E-state index contributed by atoms with van der Waals surface area (Å²) in [6.07, 6.45) is 0.133. The predicted octanol–water partition coefficient (Wildman–Crippen LogP) is 3.68. The second-order valence-corrected chi connectivity index (χ2v) is 6.90. The third kappa shape index (κ3) is 4.33. The van der Waals surface area contributed by atoms with Crippen molar-refractivity contribution in [1.29, 1.82) is 0 Å². The van der Waals surface area contributed by atoms with E-state index in [1.54, 1.807) is 0 Å². The Kier molecular flexibility index (Phi) is 4.52. The number of nitrogens with zero attached hydrogens (tertiary/aromatic N) is 4. The van der Waals surface area contributed by atoms with E-state index in [4.69, 9.17) is 5.73 Å². The monoisotopic (exact) mass is 376 g/mol. The zero-order valence-electron chi connectivity index (χ0n) is 13.3. The second-order valence-electron chi connectivity index (χ2n) is 6.04. The van der Waals surface area contributed by atoms with Crippen molar-refractivity contribution in [3.8, 4) is 10.8 Å². The van der Waals surface area contributed by atoms with E-state index in [9.17, 15) is 17.6 Å². The van der Waals surface area contributed by atoms with Gasteiger partial charge >= 0.3 is 0 Å². The molecule has 0 amide bonds. The van der Waals surface area contributed by atoms with Crippen molar-refractivity contribution in [1.82, 2.24) is 19.9 Å². The zero-order chi connectivity index (χ0) is 18.2. The standard InChI is InChI=1S/C14H16F4N6S/c1-13(15,16)8-6-25-10(21-8)9-22-11(19)24-12(23-9)20-7-2-4-14(17,18)5-3-7/h6-7H,2-5H2,1H3,(H3,19,20,22,23,24). The van der Waals surface area contributed by atoms with Gasteiger partial charge in [-0.1, -0.05) is 0 Å². The maximum atomic E-state index is 13.3. The molecule has 0 saturated heterocycles. The number of nitrogen functional groups attached to an aromatic ring is 1. The number of thiazole rings is 1. The number of halogens is 4. The molecule has 2 aromatic heterocycles. The van der Waals surface area contributed by atoms with E-state index in [2.05, 4.69) is 25.3 Å². The first-order valence-corrected chi connectivity index (χ1v) is 8.50. The highest BCUT2D eigenvalue weighted by Gasteiger charge is 2.35. The molecule has 2 aromatic rings. The third-order valence-corrected chi connectivity index (χ3v) is 4.69. The maximum Gasteiger partial charge on any atom is 0.287 e. The molecule has 2 heterocycles. The van der Waals surface area contributed by atoms with E-state index in [-0.39, 0.29) is 60.1 Å². The summed E-state index contributed by atoms with van der Waals surface area (Å²) in [6, 6.07) is -0.207. The second kappa shape index (κ2) is 6.36. The summed E-state index contributed by atoms with van der Waals surface area (Å²) < 4.78 is 53.0. The first-order chi connectivity index (χ1) is 11.6. The van der Waals surface area contributed by atoms with Crippen molar-refractivity contribution in [2.75, 3.05) is 11.1 Å². The number of hydrogen-bond acceptors (Lipinski definition) is 7. The van der Waals surface area contributed by atoms with Crippen molar-refractivity contribution in [3.63, 3.8) is 0 Å². The lowest BCUT2D eigenvalue weighted by molar-refractivity contribution is -0.0361. The Labute approximate surface area is 144 Å². The highest BCUT2D eigenvalue weighted by Crippen LogP contribution is 2.34. The summed E-state index contributed by atoms with van der Waals surface area (Å²) in [5.74, 6) is -5.62. The Morgan fingerprint density at radius 3 is 2.48 bits per heavy atom. The highest BCUT2D eigenvalue weighted by molar-refractivity contribution is 7.13. The number of nitrogens with two attached hydrogens (primary N) is 1. The van der Waals surface area contributed by atoms with Gasteiger partial charge in [-0.25, -0.2) is 13.8 Å². The van der Waals surface area contributed by atoms with Crippen LogP contribution >= 0.6 is 11.3 Å². The molecule has 25 heavy (non-hydrogen) atoms. The number of anilines is 2. The lowest BCUT2D eigenvalue weighted by atomic mass is 9.92. The van der Waals surface area contributed by atoms with Crippen LogP contribution in [0.2, 0.25) is 0 Å². The van der Waals surface area contributed by atoms with Gasteiger partial charge in [-0.15, -0.1) is 11.3 Å². The van der Waals surface area contributed by atoms with Crippen molar-refractivity contribution >= 4 is 23.2 Å². The van der Waals surface area contributed by atoms with Crippen LogP contribution in [-0.4, -0.2) is 31.9 Å².